The van der Waals surface area contributed by atoms with Crippen molar-refractivity contribution < 1.29 is 0 Å². The van der Waals surface area contributed by atoms with Crippen LogP contribution in [0, 0.1) is 0 Å². The molecule has 0 unspecified atom stereocenters. The van der Waals surface area contributed by atoms with Gasteiger partial charge in [0.25, 0.3) is 0 Å². The van der Waals surface area contributed by atoms with Crippen molar-refractivity contribution in [3.05, 3.63) is 34.5 Å². The third-order valence-electron chi connectivity index (χ3n) is 3.16. The molecule has 20 heavy (non-hydrogen) atoms. The van der Waals surface area contributed by atoms with Gasteiger partial charge < -0.3 is 21.7 Å². The van der Waals surface area contributed by atoms with Gasteiger partial charge in [-0.15, -0.1) is 0 Å². The molecule has 0 radical (unpaired) electrons. The predicted molar refractivity (Wildman–Crippen MR) is 88.8 cm³/mol. The second kappa shape index (κ2) is 6.74. The molecule has 0 saturated carbocycles. The maximum Gasteiger partial charge on any atom is 0.0395 e. The van der Waals surface area contributed by atoms with E-state index in [0.717, 1.165) is 36.6 Å². The number of benzene rings is 1. The normalized spacial score (nSPS) is 11.2. The van der Waals surface area contributed by atoms with Gasteiger partial charge in [0.15, 0.2) is 0 Å². The van der Waals surface area contributed by atoms with E-state index in [0.29, 0.717) is 0 Å². The number of hydrogen-bond donors (Lipinski definition) is 3. The fourth-order valence-corrected chi connectivity index (χ4v) is 2.89. The van der Waals surface area contributed by atoms with Crippen LogP contribution in [0.2, 0.25) is 0 Å². The lowest BCUT2D eigenvalue weighted by molar-refractivity contribution is 0.400. The lowest BCUT2D eigenvalue weighted by atomic mass is 10.0. The summed E-state index contributed by atoms with van der Waals surface area (Å²) in [6.45, 7) is 2.84. The van der Waals surface area contributed by atoms with Gasteiger partial charge in [-0.1, -0.05) is 0 Å². The maximum atomic E-state index is 6.07. The molecule has 0 fully saturated rings. The average molecular weight is 290 g/mol. The number of nitrogens with zero attached hydrogens (tertiary/aromatic N) is 1. The van der Waals surface area contributed by atoms with Crippen molar-refractivity contribution in [2.24, 2.45) is 0 Å². The molecule has 1 aromatic carbocycles. The Hall–Kier alpha value is -1.56. The van der Waals surface area contributed by atoms with Crippen molar-refractivity contribution in [2.75, 3.05) is 38.7 Å². The molecule has 2 rings (SSSR count). The van der Waals surface area contributed by atoms with Crippen molar-refractivity contribution in [2.45, 2.75) is 6.54 Å². The highest BCUT2D eigenvalue weighted by Crippen LogP contribution is 2.33. The Balaban J connectivity index is 2.10. The van der Waals surface area contributed by atoms with E-state index in [1.165, 1.54) is 11.1 Å². The second-order valence-corrected chi connectivity index (χ2v) is 5.88. The summed E-state index contributed by atoms with van der Waals surface area (Å²) in [6, 6.07) is 5.65. The smallest absolute Gasteiger partial charge is 0.0395 e. The molecule has 0 saturated heterocycles. The molecule has 0 aliphatic carbocycles. The zero-order valence-electron chi connectivity index (χ0n) is 12.0. The van der Waals surface area contributed by atoms with Crippen LogP contribution in [-0.4, -0.2) is 32.1 Å². The van der Waals surface area contributed by atoms with Gasteiger partial charge in [0.05, 0.1) is 0 Å². The zero-order valence-corrected chi connectivity index (χ0v) is 12.8. The highest BCUT2D eigenvalue weighted by atomic mass is 32.1. The van der Waals surface area contributed by atoms with Gasteiger partial charge in [-0.3, -0.25) is 0 Å². The van der Waals surface area contributed by atoms with Crippen LogP contribution in [0.5, 0.6) is 0 Å². The lowest BCUT2D eigenvalue weighted by Crippen LogP contribution is -2.26. The second-order valence-electron chi connectivity index (χ2n) is 5.14. The fourth-order valence-electron chi connectivity index (χ4n) is 2.03. The Morgan fingerprint density at radius 3 is 2.70 bits per heavy atom. The Morgan fingerprint density at radius 2 is 1.95 bits per heavy atom. The molecular formula is C15H22N4S. The molecule has 0 aliphatic rings. The summed E-state index contributed by atoms with van der Waals surface area (Å²) in [5.74, 6) is 0. The summed E-state index contributed by atoms with van der Waals surface area (Å²) < 4.78 is 0. The van der Waals surface area contributed by atoms with Crippen LogP contribution < -0.4 is 16.8 Å². The van der Waals surface area contributed by atoms with E-state index < -0.39 is 0 Å². The van der Waals surface area contributed by atoms with Crippen LogP contribution >= 0.6 is 11.3 Å². The van der Waals surface area contributed by atoms with Crippen molar-refractivity contribution in [1.29, 1.82) is 0 Å². The highest BCUT2D eigenvalue weighted by molar-refractivity contribution is 7.08. The van der Waals surface area contributed by atoms with Crippen LogP contribution in [0.4, 0.5) is 11.4 Å². The van der Waals surface area contributed by atoms with Gasteiger partial charge in [0.2, 0.25) is 0 Å². The number of likely N-dealkylation sites (N-methyl/N-ethyl adjacent to an activating group) is 1. The molecule has 4 nitrogen and oxygen atoms in total. The molecule has 0 atom stereocenters. The van der Waals surface area contributed by atoms with Crippen LogP contribution in [0.3, 0.4) is 0 Å². The van der Waals surface area contributed by atoms with Gasteiger partial charge in [-0.25, -0.2) is 0 Å². The fraction of sp³-hybridized carbons (Fsp3) is 0.333. The molecule has 0 amide bonds. The summed E-state index contributed by atoms with van der Waals surface area (Å²) in [7, 11) is 4.15. The number of nitrogens with one attached hydrogen (secondary N) is 1. The van der Waals surface area contributed by atoms with E-state index in [-0.39, 0.29) is 0 Å². The number of thiophene rings is 1. The Morgan fingerprint density at radius 1 is 1.15 bits per heavy atom. The number of rotatable bonds is 6. The molecule has 5 heteroatoms. The van der Waals surface area contributed by atoms with Crippen LogP contribution in [0.25, 0.3) is 11.1 Å². The summed E-state index contributed by atoms with van der Waals surface area (Å²) >= 11 is 1.69. The molecular weight excluding hydrogens is 268 g/mol. The molecule has 108 valence electrons. The Labute approximate surface area is 124 Å². The minimum atomic E-state index is 0.743. The lowest BCUT2D eigenvalue weighted by Gasteiger charge is -2.12. The number of hydrogen-bond acceptors (Lipinski definition) is 5. The number of anilines is 2. The molecule has 1 aromatic heterocycles. The summed E-state index contributed by atoms with van der Waals surface area (Å²) in [5.41, 5.74) is 16.9. The van der Waals surface area contributed by atoms with E-state index in [1.807, 2.05) is 18.2 Å². The molecule has 2 aromatic rings. The SMILES string of the molecule is CN(C)CCNCc1cscc1-c1cc(N)ccc1N. The first-order valence-electron chi connectivity index (χ1n) is 6.64. The van der Waals surface area contributed by atoms with Crippen LogP contribution in [0.15, 0.2) is 29.0 Å². The molecule has 5 N–H and O–H groups in total. The molecule has 0 aliphatic heterocycles. The first kappa shape index (κ1) is 14.8. The van der Waals surface area contributed by atoms with Crippen LogP contribution in [0.1, 0.15) is 5.56 Å². The van der Waals surface area contributed by atoms with Crippen molar-refractivity contribution in [3.63, 3.8) is 0 Å². The van der Waals surface area contributed by atoms with Gasteiger partial charge in [0, 0.05) is 36.6 Å². The van der Waals surface area contributed by atoms with Crippen LogP contribution in [-0.2, 0) is 6.54 Å². The third-order valence-corrected chi connectivity index (χ3v) is 3.95. The third kappa shape index (κ3) is 3.72. The van der Waals surface area contributed by atoms with E-state index in [1.54, 1.807) is 11.3 Å². The minimum Gasteiger partial charge on any atom is -0.399 e. The Kier molecular flexibility index (Phi) is 5.00. The molecule has 0 spiro atoms. The van der Waals surface area contributed by atoms with Gasteiger partial charge >= 0.3 is 0 Å². The maximum absolute atomic E-state index is 6.07. The highest BCUT2D eigenvalue weighted by Gasteiger charge is 2.09. The number of nitrogens with two attached hydrogens (primary N) is 2. The quantitative estimate of drug-likeness (QED) is 0.564. The van der Waals surface area contributed by atoms with Crippen molar-refractivity contribution in [1.82, 2.24) is 10.2 Å². The average Bonchev–Trinajstić information content (AvgIpc) is 2.85. The topological polar surface area (TPSA) is 67.3 Å². The summed E-state index contributed by atoms with van der Waals surface area (Å²) in [5, 5.41) is 7.76. The largest absolute Gasteiger partial charge is 0.399 e. The Bertz CT molecular complexity index is 563. The van der Waals surface area contributed by atoms with Gasteiger partial charge in [0.1, 0.15) is 0 Å². The van der Waals surface area contributed by atoms with E-state index >= 15 is 0 Å². The van der Waals surface area contributed by atoms with E-state index in [9.17, 15) is 0 Å². The first-order chi connectivity index (χ1) is 9.58. The van der Waals surface area contributed by atoms with E-state index in [2.05, 4.69) is 35.1 Å². The molecule has 0 bridgehead atoms. The molecule has 1 heterocycles. The zero-order chi connectivity index (χ0) is 14.5. The van der Waals surface area contributed by atoms with Gasteiger partial charge in [-0.05, 0) is 54.2 Å². The predicted octanol–water partition coefficient (Wildman–Crippen LogP) is 2.23. The first-order valence-corrected chi connectivity index (χ1v) is 7.58. The van der Waals surface area contributed by atoms with Crippen molar-refractivity contribution >= 4 is 22.7 Å². The summed E-state index contributed by atoms with van der Waals surface area (Å²) in [4.78, 5) is 2.16. The van der Waals surface area contributed by atoms with Crippen molar-refractivity contribution in [3.8, 4) is 11.1 Å². The minimum absolute atomic E-state index is 0.743. The standard InChI is InChI=1S/C15H22N4S/c1-19(2)6-5-18-8-11-9-20-10-14(11)13-7-12(16)3-4-15(13)17/h3-4,7,9-10,18H,5-6,8,16-17H2,1-2H3. The number of nitrogen functional groups attached to an aromatic ring is 2. The van der Waals surface area contributed by atoms with E-state index in [4.69, 9.17) is 11.5 Å². The summed E-state index contributed by atoms with van der Waals surface area (Å²) in [6.07, 6.45) is 0. The monoisotopic (exact) mass is 290 g/mol. The van der Waals surface area contributed by atoms with Gasteiger partial charge in [-0.2, -0.15) is 11.3 Å².